The van der Waals surface area contributed by atoms with E-state index in [1.807, 2.05) is 18.2 Å². The number of benzene rings is 1. The third-order valence-corrected chi connectivity index (χ3v) is 4.39. The topological polar surface area (TPSA) is 15.3 Å². The van der Waals surface area contributed by atoms with Gasteiger partial charge in [-0.1, -0.05) is 36.2 Å². The van der Waals surface area contributed by atoms with Gasteiger partial charge < -0.3 is 10.2 Å². The van der Waals surface area contributed by atoms with E-state index in [1.54, 1.807) is 0 Å². The van der Waals surface area contributed by atoms with Gasteiger partial charge in [-0.15, -0.1) is 0 Å². The minimum absolute atomic E-state index is 0.459. The number of rotatable bonds is 4. The summed E-state index contributed by atoms with van der Waals surface area (Å²) in [4.78, 5) is 2.34. The highest BCUT2D eigenvalue weighted by molar-refractivity contribution is 6.39. The Morgan fingerprint density at radius 2 is 2.00 bits per heavy atom. The van der Waals surface area contributed by atoms with Crippen LogP contribution in [-0.4, -0.2) is 25.2 Å². The van der Waals surface area contributed by atoms with Crippen LogP contribution in [-0.2, 0) is 0 Å². The molecule has 1 aliphatic rings. The predicted molar refractivity (Wildman–Crippen MR) is 84.6 cm³/mol. The highest BCUT2D eigenvalue weighted by Gasteiger charge is 2.27. The van der Waals surface area contributed by atoms with E-state index in [-0.39, 0.29) is 0 Å². The SMILES string of the molecule is CCCNC1CCN(c2c(Cl)cccc2Cl)C(C)C1. The van der Waals surface area contributed by atoms with E-state index in [2.05, 4.69) is 24.1 Å². The lowest BCUT2D eigenvalue weighted by Gasteiger charge is -2.40. The number of piperidine rings is 1. The number of hydrogen-bond acceptors (Lipinski definition) is 2. The van der Waals surface area contributed by atoms with Crippen LogP contribution in [0, 0.1) is 0 Å². The monoisotopic (exact) mass is 300 g/mol. The summed E-state index contributed by atoms with van der Waals surface area (Å²) in [5.41, 5.74) is 0.993. The molecule has 2 rings (SSSR count). The second-order valence-electron chi connectivity index (χ2n) is 5.29. The van der Waals surface area contributed by atoms with Crippen LogP contribution in [0.15, 0.2) is 18.2 Å². The average Bonchev–Trinajstić information content (AvgIpc) is 2.38. The van der Waals surface area contributed by atoms with E-state index < -0.39 is 0 Å². The van der Waals surface area contributed by atoms with Crippen molar-refractivity contribution >= 4 is 28.9 Å². The maximum Gasteiger partial charge on any atom is 0.0747 e. The van der Waals surface area contributed by atoms with Crippen LogP contribution in [0.3, 0.4) is 0 Å². The second-order valence-corrected chi connectivity index (χ2v) is 6.10. The first kappa shape index (κ1) is 15.0. The Morgan fingerprint density at radius 3 is 2.58 bits per heavy atom. The number of nitrogens with one attached hydrogen (secondary N) is 1. The molecule has 0 saturated carbocycles. The molecule has 0 aromatic heterocycles. The van der Waals surface area contributed by atoms with Gasteiger partial charge in [0.2, 0.25) is 0 Å². The first-order valence-corrected chi connectivity index (χ1v) is 7.83. The largest absolute Gasteiger partial charge is 0.366 e. The highest BCUT2D eigenvalue weighted by atomic mass is 35.5. The van der Waals surface area contributed by atoms with Gasteiger partial charge in [0.1, 0.15) is 0 Å². The first-order chi connectivity index (χ1) is 9.13. The molecule has 4 heteroatoms. The highest BCUT2D eigenvalue weighted by Crippen LogP contribution is 2.36. The van der Waals surface area contributed by atoms with Gasteiger partial charge in [-0.2, -0.15) is 0 Å². The van der Waals surface area contributed by atoms with Gasteiger partial charge in [0, 0.05) is 18.6 Å². The summed E-state index contributed by atoms with van der Waals surface area (Å²) in [5, 5.41) is 5.11. The van der Waals surface area contributed by atoms with Gasteiger partial charge in [0.05, 0.1) is 15.7 Å². The van der Waals surface area contributed by atoms with Crippen molar-refractivity contribution in [3.8, 4) is 0 Å². The minimum atomic E-state index is 0.459. The zero-order valence-corrected chi connectivity index (χ0v) is 13.1. The summed E-state index contributed by atoms with van der Waals surface area (Å²) in [5.74, 6) is 0. The van der Waals surface area contributed by atoms with Gasteiger partial charge in [0.25, 0.3) is 0 Å². The molecule has 2 nitrogen and oxygen atoms in total. The molecule has 0 amide bonds. The molecule has 106 valence electrons. The average molecular weight is 301 g/mol. The number of hydrogen-bond donors (Lipinski definition) is 1. The standard InChI is InChI=1S/C15H22Cl2N2/c1-3-8-18-12-7-9-19(11(2)10-12)15-13(16)5-4-6-14(15)17/h4-6,11-12,18H,3,7-10H2,1-2H3. The zero-order valence-electron chi connectivity index (χ0n) is 11.6. The second kappa shape index (κ2) is 6.83. The molecule has 19 heavy (non-hydrogen) atoms. The molecule has 0 spiro atoms. The van der Waals surface area contributed by atoms with Crippen LogP contribution in [0.2, 0.25) is 10.0 Å². The first-order valence-electron chi connectivity index (χ1n) is 7.07. The van der Waals surface area contributed by atoms with Crippen molar-refractivity contribution in [2.24, 2.45) is 0 Å². The summed E-state index contributed by atoms with van der Waals surface area (Å²) < 4.78 is 0. The minimum Gasteiger partial charge on any atom is -0.366 e. The fourth-order valence-electron chi connectivity index (χ4n) is 2.80. The molecule has 0 bridgehead atoms. The maximum atomic E-state index is 6.31. The molecule has 0 radical (unpaired) electrons. The van der Waals surface area contributed by atoms with E-state index in [1.165, 1.54) is 6.42 Å². The van der Waals surface area contributed by atoms with Crippen LogP contribution in [0.1, 0.15) is 33.1 Å². The van der Waals surface area contributed by atoms with Crippen molar-refractivity contribution in [2.45, 2.75) is 45.2 Å². The van der Waals surface area contributed by atoms with Crippen molar-refractivity contribution in [1.29, 1.82) is 0 Å². The van der Waals surface area contributed by atoms with Crippen molar-refractivity contribution < 1.29 is 0 Å². The molecule has 1 N–H and O–H groups in total. The molecule has 1 fully saturated rings. The van der Waals surface area contributed by atoms with Crippen LogP contribution in [0.25, 0.3) is 0 Å². The quantitative estimate of drug-likeness (QED) is 0.889. The molecule has 1 aromatic rings. The van der Waals surface area contributed by atoms with Crippen molar-refractivity contribution in [1.82, 2.24) is 5.32 Å². The van der Waals surface area contributed by atoms with E-state index in [0.717, 1.165) is 41.7 Å². The summed E-state index contributed by atoms with van der Waals surface area (Å²) in [6.45, 7) is 6.56. The Hall–Kier alpha value is -0.440. The van der Waals surface area contributed by atoms with E-state index in [9.17, 15) is 0 Å². The molecule has 1 heterocycles. The molecule has 2 unspecified atom stereocenters. The summed E-state index contributed by atoms with van der Waals surface area (Å²) in [6.07, 6.45) is 3.47. The summed E-state index contributed by atoms with van der Waals surface area (Å²) in [6, 6.07) is 6.80. The Labute approximate surface area is 126 Å². The summed E-state index contributed by atoms with van der Waals surface area (Å²) >= 11 is 12.6. The van der Waals surface area contributed by atoms with E-state index >= 15 is 0 Å². The fraction of sp³-hybridized carbons (Fsp3) is 0.600. The van der Waals surface area contributed by atoms with Crippen LogP contribution < -0.4 is 10.2 Å². The lowest BCUT2D eigenvalue weighted by Crippen LogP contribution is -2.47. The molecular formula is C15H22Cl2N2. The Kier molecular flexibility index (Phi) is 5.37. The lowest BCUT2D eigenvalue weighted by atomic mass is 9.97. The number of anilines is 1. The van der Waals surface area contributed by atoms with Crippen molar-refractivity contribution in [3.05, 3.63) is 28.2 Å². The van der Waals surface area contributed by atoms with E-state index in [4.69, 9.17) is 23.2 Å². The molecule has 1 aromatic carbocycles. The molecule has 2 atom stereocenters. The van der Waals surface area contributed by atoms with Gasteiger partial charge >= 0.3 is 0 Å². The zero-order chi connectivity index (χ0) is 13.8. The predicted octanol–water partition coefficient (Wildman–Crippen LogP) is 4.35. The van der Waals surface area contributed by atoms with Crippen LogP contribution in [0.4, 0.5) is 5.69 Å². The van der Waals surface area contributed by atoms with Crippen LogP contribution >= 0.6 is 23.2 Å². The van der Waals surface area contributed by atoms with Crippen molar-refractivity contribution in [2.75, 3.05) is 18.0 Å². The van der Waals surface area contributed by atoms with E-state index in [0.29, 0.717) is 12.1 Å². The number of para-hydroxylation sites is 1. The Bertz CT molecular complexity index is 402. The Balaban J connectivity index is 2.07. The third kappa shape index (κ3) is 3.56. The van der Waals surface area contributed by atoms with Gasteiger partial charge in [-0.25, -0.2) is 0 Å². The molecular weight excluding hydrogens is 279 g/mol. The van der Waals surface area contributed by atoms with Gasteiger partial charge in [0.15, 0.2) is 0 Å². The fourth-order valence-corrected chi connectivity index (χ4v) is 3.42. The van der Waals surface area contributed by atoms with Gasteiger partial charge in [-0.05, 0) is 44.9 Å². The molecule has 1 aliphatic heterocycles. The van der Waals surface area contributed by atoms with Crippen LogP contribution in [0.5, 0.6) is 0 Å². The Morgan fingerprint density at radius 1 is 1.32 bits per heavy atom. The number of nitrogens with zero attached hydrogens (tertiary/aromatic N) is 1. The smallest absolute Gasteiger partial charge is 0.0747 e. The van der Waals surface area contributed by atoms with Crippen molar-refractivity contribution in [3.63, 3.8) is 0 Å². The molecule has 1 saturated heterocycles. The normalized spacial score (nSPS) is 23.7. The third-order valence-electron chi connectivity index (χ3n) is 3.78. The maximum absolute atomic E-state index is 6.31. The lowest BCUT2D eigenvalue weighted by molar-refractivity contribution is 0.369. The molecule has 0 aliphatic carbocycles. The number of halogens is 2. The van der Waals surface area contributed by atoms with Gasteiger partial charge in [-0.3, -0.25) is 0 Å². The summed E-state index contributed by atoms with van der Waals surface area (Å²) in [7, 11) is 0.